The van der Waals surface area contributed by atoms with Crippen LogP contribution in [0.3, 0.4) is 0 Å². The second-order valence-electron chi connectivity index (χ2n) is 2.09. The topological polar surface area (TPSA) is 27.7 Å². The predicted molar refractivity (Wildman–Crippen MR) is 46.9 cm³/mol. The second kappa shape index (κ2) is 5.16. The van der Waals surface area contributed by atoms with Gasteiger partial charge in [0, 0.05) is 11.9 Å². The van der Waals surface area contributed by atoms with E-state index in [4.69, 9.17) is 16.7 Å². The zero-order valence-electron chi connectivity index (χ0n) is 6.57. The van der Waals surface area contributed by atoms with Gasteiger partial charge in [0.25, 0.3) is 0 Å². The van der Waals surface area contributed by atoms with Crippen molar-refractivity contribution in [3.05, 3.63) is 30.3 Å². The zero-order chi connectivity index (χ0) is 8.81. The van der Waals surface area contributed by atoms with E-state index >= 15 is 0 Å². The lowest BCUT2D eigenvalue weighted by Crippen LogP contribution is -2.33. The highest BCUT2D eigenvalue weighted by molar-refractivity contribution is 6.64. The Balaban J connectivity index is 2.66. The van der Waals surface area contributed by atoms with Gasteiger partial charge in [0.1, 0.15) is 0 Å². The van der Waals surface area contributed by atoms with Crippen LogP contribution in [0.1, 0.15) is 0 Å². The Kier molecular flexibility index (Phi) is 4.11. The zero-order valence-corrected chi connectivity index (χ0v) is 7.32. The molecule has 0 heterocycles. The van der Waals surface area contributed by atoms with E-state index in [1.807, 2.05) is 30.3 Å². The highest BCUT2D eigenvalue weighted by Gasteiger charge is 2.21. The molecular weight excluding hydrogens is 178 g/mol. The average Bonchev–Trinajstić information content (AvgIpc) is 2.15. The van der Waals surface area contributed by atoms with E-state index in [0.29, 0.717) is 0 Å². The fraction of sp³-hybridized carbons (Fsp3) is 0.143. The van der Waals surface area contributed by atoms with Gasteiger partial charge < -0.3 is 4.21 Å². The molecule has 0 unspecified atom stereocenters. The van der Waals surface area contributed by atoms with Crippen LogP contribution < -0.4 is 5.46 Å². The molecule has 0 radical (unpaired) electrons. The molecule has 1 aromatic rings. The van der Waals surface area contributed by atoms with E-state index in [9.17, 15) is 0 Å². The Labute approximate surface area is 76.4 Å². The number of hydrogen-bond acceptors (Lipinski definition) is 3. The molecule has 0 aliphatic carbocycles. The van der Waals surface area contributed by atoms with Crippen LogP contribution in [-0.2, 0) is 13.9 Å². The number of hydrogen-bond donors (Lipinski definition) is 0. The standard InChI is InChI=1S/C7H8BClO3/c1-10-12-8(11-9)7-5-3-2-4-6-7/h2-6H,1H3. The Morgan fingerprint density at radius 1 is 1.25 bits per heavy atom. The van der Waals surface area contributed by atoms with Crippen molar-refractivity contribution in [2.45, 2.75) is 0 Å². The van der Waals surface area contributed by atoms with Crippen molar-refractivity contribution in [2.75, 3.05) is 7.11 Å². The fourth-order valence-electron chi connectivity index (χ4n) is 0.819. The van der Waals surface area contributed by atoms with Crippen LogP contribution >= 0.6 is 11.9 Å². The summed E-state index contributed by atoms with van der Waals surface area (Å²) in [6.07, 6.45) is 0. The maximum absolute atomic E-state index is 5.18. The molecule has 64 valence electrons. The van der Waals surface area contributed by atoms with Gasteiger partial charge in [-0.1, -0.05) is 30.3 Å². The SMILES string of the molecule is COOB(OCl)c1ccccc1. The lowest BCUT2D eigenvalue weighted by molar-refractivity contribution is -0.191. The van der Waals surface area contributed by atoms with Crippen LogP contribution in [-0.4, -0.2) is 14.2 Å². The molecule has 0 atom stereocenters. The summed E-state index contributed by atoms with van der Waals surface area (Å²) in [7, 11) is 0.712. The predicted octanol–water partition coefficient (Wildman–Crippen LogP) is 1.13. The fourth-order valence-corrected chi connectivity index (χ4v) is 0.952. The molecule has 0 amide bonds. The third-order valence-corrected chi connectivity index (χ3v) is 1.50. The number of halogens is 1. The van der Waals surface area contributed by atoms with Gasteiger partial charge in [-0.25, -0.2) is 0 Å². The molecule has 0 aliphatic heterocycles. The first-order valence-electron chi connectivity index (χ1n) is 3.40. The monoisotopic (exact) mass is 186 g/mol. The van der Waals surface area contributed by atoms with Gasteiger partial charge in [0.15, 0.2) is 0 Å². The van der Waals surface area contributed by atoms with Gasteiger partial charge in [-0.2, -0.15) is 0 Å². The first-order chi connectivity index (χ1) is 5.88. The molecule has 0 saturated heterocycles. The van der Waals surface area contributed by atoms with E-state index in [1.54, 1.807) is 0 Å². The van der Waals surface area contributed by atoms with Gasteiger partial charge in [0.05, 0.1) is 7.11 Å². The van der Waals surface area contributed by atoms with E-state index < -0.39 is 7.12 Å². The summed E-state index contributed by atoms with van der Waals surface area (Å²) in [5.41, 5.74) is 0.800. The van der Waals surface area contributed by atoms with Crippen molar-refractivity contribution >= 4 is 24.4 Å². The van der Waals surface area contributed by atoms with Crippen LogP contribution in [0.5, 0.6) is 0 Å². The molecular formula is C7H8BClO3. The molecule has 3 nitrogen and oxygen atoms in total. The van der Waals surface area contributed by atoms with Crippen LogP contribution in [0.4, 0.5) is 0 Å². The van der Waals surface area contributed by atoms with Crippen molar-refractivity contribution in [1.29, 1.82) is 0 Å². The van der Waals surface area contributed by atoms with Crippen molar-refractivity contribution < 1.29 is 13.9 Å². The van der Waals surface area contributed by atoms with Gasteiger partial charge in [0.2, 0.25) is 0 Å². The van der Waals surface area contributed by atoms with Gasteiger partial charge in [-0.05, 0) is 5.46 Å². The third-order valence-electron chi connectivity index (χ3n) is 1.34. The van der Waals surface area contributed by atoms with Gasteiger partial charge in [-0.15, -0.1) is 0 Å². The van der Waals surface area contributed by atoms with Crippen LogP contribution in [0, 0.1) is 0 Å². The number of benzene rings is 1. The maximum Gasteiger partial charge on any atom is 0.541 e. The highest BCUT2D eigenvalue weighted by Crippen LogP contribution is 1.95. The van der Waals surface area contributed by atoms with Gasteiger partial charge in [-0.3, -0.25) is 9.69 Å². The smallest absolute Gasteiger partial charge is 0.301 e. The van der Waals surface area contributed by atoms with Crippen molar-refractivity contribution in [2.24, 2.45) is 0 Å². The molecule has 0 spiro atoms. The molecule has 1 aromatic carbocycles. The lowest BCUT2D eigenvalue weighted by Gasteiger charge is -2.06. The first-order valence-corrected chi connectivity index (χ1v) is 3.71. The molecule has 0 saturated carbocycles. The molecule has 1 rings (SSSR count). The Bertz CT molecular complexity index is 219. The quantitative estimate of drug-likeness (QED) is 0.401. The highest BCUT2D eigenvalue weighted by atomic mass is 35.5. The molecule has 0 aliphatic rings. The van der Waals surface area contributed by atoms with Crippen LogP contribution in [0.2, 0.25) is 0 Å². The summed E-state index contributed by atoms with van der Waals surface area (Å²) in [4.78, 5) is 9.16. The second-order valence-corrected chi connectivity index (χ2v) is 2.27. The van der Waals surface area contributed by atoms with E-state index in [-0.39, 0.29) is 0 Å². The lowest BCUT2D eigenvalue weighted by atomic mass is 9.80. The summed E-state index contributed by atoms with van der Waals surface area (Å²) < 4.78 is 4.50. The van der Waals surface area contributed by atoms with E-state index in [0.717, 1.165) is 5.46 Å². The minimum Gasteiger partial charge on any atom is -0.301 e. The summed E-state index contributed by atoms with van der Waals surface area (Å²) in [6, 6.07) is 9.26. The summed E-state index contributed by atoms with van der Waals surface area (Å²) >= 11 is 5.18. The van der Waals surface area contributed by atoms with E-state index in [1.165, 1.54) is 7.11 Å². The molecule has 0 N–H and O–H groups in total. The number of rotatable bonds is 4. The molecule has 0 fully saturated rings. The molecule has 0 bridgehead atoms. The van der Waals surface area contributed by atoms with Crippen LogP contribution in [0.25, 0.3) is 0 Å². The van der Waals surface area contributed by atoms with Crippen molar-refractivity contribution in [3.63, 3.8) is 0 Å². The van der Waals surface area contributed by atoms with Crippen molar-refractivity contribution in [1.82, 2.24) is 0 Å². The summed E-state index contributed by atoms with van der Waals surface area (Å²) in [5.74, 6) is 0. The Morgan fingerprint density at radius 2 is 1.92 bits per heavy atom. The third kappa shape index (κ3) is 2.50. The average molecular weight is 186 g/mol. The largest absolute Gasteiger partial charge is 0.541 e. The van der Waals surface area contributed by atoms with Crippen molar-refractivity contribution in [3.8, 4) is 0 Å². The summed E-state index contributed by atoms with van der Waals surface area (Å²) in [6.45, 7) is 0. The molecule has 5 heteroatoms. The minimum atomic E-state index is -0.683. The van der Waals surface area contributed by atoms with Gasteiger partial charge >= 0.3 is 7.12 Å². The Hall–Kier alpha value is -0.545. The van der Waals surface area contributed by atoms with E-state index in [2.05, 4.69) is 9.09 Å². The molecule has 0 aromatic heterocycles. The first kappa shape index (κ1) is 9.54. The summed E-state index contributed by atoms with van der Waals surface area (Å²) in [5, 5.41) is 0. The Morgan fingerprint density at radius 3 is 2.42 bits per heavy atom. The minimum absolute atomic E-state index is 0.683. The maximum atomic E-state index is 5.18. The van der Waals surface area contributed by atoms with Crippen LogP contribution in [0.15, 0.2) is 30.3 Å². The normalized spacial score (nSPS) is 9.83. The molecule has 12 heavy (non-hydrogen) atoms.